The Morgan fingerprint density at radius 2 is 1.95 bits per heavy atom. The first kappa shape index (κ1) is 34.3. The van der Waals surface area contributed by atoms with E-state index in [9.17, 15) is 22.8 Å². The molecule has 4 rings (SSSR count). The molecule has 3 atom stereocenters. The van der Waals surface area contributed by atoms with E-state index in [1.165, 1.54) is 24.0 Å². The number of halogens is 3. The van der Waals surface area contributed by atoms with E-state index < -0.39 is 18.1 Å². The Morgan fingerprint density at radius 3 is 2.40 bits per heavy atom. The molecule has 0 spiro atoms. The molecule has 2 aromatic heterocycles. The molecule has 3 heterocycles. The van der Waals surface area contributed by atoms with Gasteiger partial charge in [-0.15, -0.1) is 0 Å². The predicted molar refractivity (Wildman–Crippen MR) is 145 cm³/mol. The molecule has 1 aliphatic carbocycles. The van der Waals surface area contributed by atoms with Crippen LogP contribution in [0.3, 0.4) is 0 Å². The Morgan fingerprint density at radius 1 is 1.33 bits per heavy atom. The van der Waals surface area contributed by atoms with Crippen LogP contribution >= 0.6 is 0 Å². The zero-order valence-electron chi connectivity index (χ0n) is 24.6. The van der Waals surface area contributed by atoms with Crippen LogP contribution in [0.4, 0.5) is 13.2 Å². The van der Waals surface area contributed by atoms with Crippen LogP contribution in [-0.2, 0) is 19.1 Å². The highest BCUT2D eigenvalue weighted by atomic mass is 19.4. The van der Waals surface area contributed by atoms with E-state index in [2.05, 4.69) is 48.8 Å². The summed E-state index contributed by atoms with van der Waals surface area (Å²) in [6, 6.07) is 1.19. The number of nitrogens with zero attached hydrogens (tertiary/aromatic N) is 5. The van der Waals surface area contributed by atoms with Gasteiger partial charge < -0.3 is 25.4 Å². The first-order chi connectivity index (χ1) is 19.5. The lowest BCUT2D eigenvalue weighted by Crippen LogP contribution is -2.33. The number of carbonyl (C=O) groups excluding carboxylic acids is 3. The quantitative estimate of drug-likeness (QED) is 0.439. The second-order valence-corrected chi connectivity index (χ2v) is 11.3. The molecule has 2 aliphatic rings. The molecule has 2 fully saturated rings. The normalized spacial score (nSPS) is 19.6. The van der Waals surface area contributed by atoms with Gasteiger partial charge in [0, 0.05) is 31.0 Å². The van der Waals surface area contributed by atoms with Gasteiger partial charge in [0.15, 0.2) is 0 Å². The topological polar surface area (TPSA) is 165 Å². The number of methoxy groups -OCH3 is 1. The number of nitrogens with two attached hydrogens (primary N) is 1. The van der Waals surface area contributed by atoms with Gasteiger partial charge in [-0.25, -0.2) is 9.50 Å². The number of aromatic nitrogens is 3. The number of nitrogens with one attached hydrogen (secondary N) is 1. The van der Waals surface area contributed by atoms with Gasteiger partial charge in [0.05, 0.1) is 37.5 Å². The second kappa shape index (κ2) is 13.8. The minimum Gasteiger partial charge on any atom is -0.479 e. The van der Waals surface area contributed by atoms with Gasteiger partial charge >= 0.3 is 12.1 Å². The van der Waals surface area contributed by atoms with Crippen molar-refractivity contribution in [1.82, 2.24) is 24.8 Å². The number of rotatable bonds is 8. The average Bonchev–Trinajstić information content (AvgIpc) is 3.34. The molecular weight excluding hydrogens is 559 g/mol. The zero-order chi connectivity index (χ0) is 31.9. The molecule has 232 valence electrons. The molecule has 0 aromatic carbocycles. The number of carbonyl (C=O) groups is 3. The molecule has 15 heteroatoms. The van der Waals surface area contributed by atoms with Crippen molar-refractivity contribution >= 4 is 23.7 Å². The van der Waals surface area contributed by atoms with Crippen molar-refractivity contribution in [3.05, 3.63) is 24.2 Å². The summed E-state index contributed by atoms with van der Waals surface area (Å²) in [6.45, 7) is 12.7. The van der Waals surface area contributed by atoms with Gasteiger partial charge in [-0.3, -0.25) is 14.4 Å². The summed E-state index contributed by atoms with van der Waals surface area (Å²) in [5.41, 5.74) is 5.24. The predicted octanol–water partition coefficient (Wildman–Crippen LogP) is 2.92. The van der Waals surface area contributed by atoms with Gasteiger partial charge in [-0.05, 0) is 38.0 Å². The maximum Gasteiger partial charge on any atom is 0.470 e. The summed E-state index contributed by atoms with van der Waals surface area (Å²) in [6.07, 6.45) is 3.14. The van der Waals surface area contributed by atoms with Crippen LogP contribution in [0, 0.1) is 22.7 Å². The largest absolute Gasteiger partial charge is 0.479 e. The van der Waals surface area contributed by atoms with Crippen LogP contribution in [0.25, 0.3) is 5.52 Å². The molecule has 12 nitrogen and oxygen atoms in total. The number of primary amides is 1. The molecule has 1 aliphatic heterocycles. The summed E-state index contributed by atoms with van der Waals surface area (Å²) in [5, 5.41) is 15.5. The summed E-state index contributed by atoms with van der Waals surface area (Å²) < 4.78 is 44.7. The van der Waals surface area contributed by atoms with Crippen LogP contribution in [-0.4, -0.2) is 75.8 Å². The average molecular weight is 598 g/mol. The van der Waals surface area contributed by atoms with E-state index in [0.717, 1.165) is 25.9 Å². The van der Waals surface area contributed by atoms with E-state index >= 15 is 0 Å². The maximum absolute atomic E-state index is 12.2. The second-order valence-electron chi connectivity index (χ2n) is 11.3. The number of hydrogen-bond acceptors (Lipinski definition) is 8. The van der Waals surface area contributed by atoms with E-state index in [4.69, 9.17) is 19.5 Å². The number of hydrogen-bond donors (Lipinski definition) is 2. The molecule has 3 N–H and O–H groups in total. The van der Waals surface area contributed by atoms with Crippen molar-refractivity contribution in [1.29, 1.82) is 5.26 Å². The van der Waals surface area contributed by atoms with Crippen molar-refractivity contribution in [3.8, 4) is 11.9 Å². The van der Waals surface area contributed by atoms with Crippen molar-refractivity contribution in [2.45, 2.75) is 77.8 Å². The summed E-state index contributed by atoms with van der Waals surface area (Å²) in [4.78, 5) is 37.8. The highest BCUT2D eigenvalue weighted by Crippen LogP contribution is 2.40. The molecule has 0 radical (unpaired) electrons. The van der Waals surface area contributed by atoms with Crippen LogP contribution in [0.1, 0.15) is 65.5 Å². The van der Waals surface area contributed by atoms with Gasteiger partial charge in [-0.1, -0.05) is 20.8 Å². The van der Waals surface area contributed by atoms with Gasteiger partial charge in [0.2, 0.25) is 18.2 Å². The highest BCUT2D eigenvalue weighted by molar-refractivity contribution is 5.79. The van der Waals surface area contributed by atoms with Crippen LogP contribution < -0.4 is 15.8 Å². The van der Waals surface area contributed by atoms with Crippen molar-refractivity contribution in [3.63, 3.8) is 0 Å². The summed E-state index contributed by atoms with van der Waals surface area (Å²) in [7, 11) is 1.48. The summed E-state index contributed by atoms with van der Waals surface area (Å²) in [5.74, 6) is -1.07. The Bertz CT molecular complexity index is 1290. The van der Waals surface area contributed by atoms with Crippen LogP contribution in [0.2, 0.25) is 0 Å². The molecule has 1 saturated carbocycles. The van der Waals surface area contributed by atoms with Crippen molar-refractivity contribution in [2.24, 2.45) is 17.1 Å². The fraction of sp³-hybridized carbons (Fsp3) is 0.630. The first-order valence-electron chi connectivity index (χ1n) is 13.3. The fourth-order valence-corrected chi connectivity index (χ4v) is 4.24. The zero-order valence-corrected chi connectivity index (χ0v) is 24.6. The van der Waals surface area contributed by atoms with E-state index in [0.29, 0.717) is 35.7 Å². The molecule has 2 unspecified atom stereocenters. The maximum atomic E-state index is 12.2. The SMILES string of the molecule is CC1CN(C(=O)C[C@@H](C)OC2(C)CC2)CC1(C)C.COc1nccn2ncc(C(C#N)NC=O)c12.NC(=O)C(F)(F)F. The molecular formula is C27H38F3N7O5. The lowest BCUT2D eigenvalue weighted by atomic mass is 9.84. The third-order valence-corrected chi connectivity index (χ3v) is 7.25. The minimum atomic E-state index is -4.86. The van der Waals surface area contributed by atoms with Crippen LogP contribution in [0.5, 0.6) is 5.88 Å². The van der Waals surface area contributed by atoms with Gasteiger partial charge in [-0.2, -0.15) is 23.5 Å². The van der Waals surface area contributed by atoms with E-state index in [1.54, 1.807) is 6.20 Å². The smallest absolute Gasteiger partial charge is 0.470 e. The third kappa shape index (κ3) is 9.30. The van der Waals surface area contributed by atoms with Gasteiger partial charge in [0.25, 0.3) is 0 Å². The number of amides is 3. The van der Waals surface area contributed by atoms with Crippen molar-refractivity contribution in [2.75, 3.05) is 20.2 Å². The van der Waals surface area contributed by atoms with E-state index in [-0.39, 0.29) is 23.0 Å². The standard InChI is InChI=1S/C15H27NO2.C10H9N5O2.C2H2F3NO/c1-11-9-16(10-14(11,3)4)13(17)8-12(2)18-15(5)6-7-15;1-17-10-9-7(8(4-11)13-6-16)5-14-15(9)3-2-12-10;3-2(4,5)1(6)7/h11-12H,6-10H2,1-5H3;2-3,5-6,8H,1H3,(H,13,16);(H2,6,7)/t11?,12-;;/m1../s1. The van der Waals surface area contributed by atoms with Crippen molar-refractivity contribution < 1.29 is 37.0 Å². The van der Waals surface area contributed by atoms with E-state index in [1.807, 2.05) is 17.9 Å². The number of likely N-dealkylation sites (tertiary alicyclic amines) is 1. The van der Waals surface area contributed by atoms with Crippen LogP contribution in [0.15, 0.2) is 18.6 Å². The Hall–Kier alpha value is -3.93. The number of fused-ring (bicyclic) bond motifs is 1. The third-order valence-electron chi connectivity index (χ3n) is 7.25. The Balaban J connectivity index is 0.000000241. The number of alkyl halides is 3. The minimum absolute atomic E-state index is 0.0454. The molecule has 3 amide bonds. The lowest BCUT2D eigenvalue weighted by molar-refractivity contribution is -0.169. The molecule has 42 heavy (non-hydrogen) atoms. The Labute approximate surface area is 242 Å². The fourth-order valence-electron chi connectivity index (χ4n) is 4.24. The Kier molecular flexibility index (Phi) is 11.3. The number of ether oxygens (including phenoxy) is 2. The lowest BCUT2D eigenvalue weighted by Gasteiger charge is -2.23. The highest BCUT2D eigenvalue weighted by Gasteiger charge is 2.42. The number of nitriles is 1. The molecule has 0 bridgehead atoms. The first-order valence-corrected chi connectivity index (χ1v) is 13.3. The summed E-state index contributed by atoms with van der Waals surface area (Å²) >= 11 is 0. The van der Waals surface area contributed by atoms with Gasteiger partial charge in [0.1, 0.15) is 11.6 Å². The monoisotopic (exact) mass is 597 g/mol. The molecule has 2 aromatic rings. The molecule has 1 saturated heterocycles.